The van der Waals surface area contributed by atoms with Crippen molar-refractivity contribution in [2.24, 2.45) is 0 Å². The first-order chi connectivity index (χ1) is 15.4. The maximum Gasteiger partial charge on any atom is 0.338 e. The van der Waals surface area contributed by atoms with Crippen molar-refractivity contribution in [2.75, 3.05) is 7.11 Å². The quantitative estimate of drug-likeness (QED) is 0.410. The van der Waals surface area contributed by atoms with Crippen molar-refractivity contribution in [3.8, 4) is 17.2 Å². The Hall–Kier alpha value is -4.01. The zero-order valence-corrected chi connectivity index (χ0v) is 17.6. The van der Waals surface area contributed by atoms with E-state index in [0.29, 0.717) is 22.8 Å². The van der Waals surface area contributed by atoms with Crippen LogP contribution in [-0.2, 0) is 20.9 Å². The van der Waals surface area contributed by atoms with Crippen LogP contribution in [-0.4, -0.2) is 40.0 Å². The van der Waals surface area contributed by atoms with E-state index in [1.165, 1.54) is 4.90 Å². The predicted octanol–water partition coefficient (Wildman–Crippen LogP) is 3.31. The molecule has 2 heterocycles. The Morgan fingerprint density at radius 1 is 1.03 bits per heavy atom. The number of carbonyl (C=O) groups is 3. The lowest BCUT2D eigenvalue weighted by Gasteiger charge is -2.14. The van der Waals surface area contributed by atoms with E-state index in [-0.39, 0.29) is 37.1 Å². The van der Waals surface area contributed by atoms with Crippen LogP contribution in [0.4, 0.5) is 0 Å². The van der Waals surface area contributed by atoms with Gasteiger partial charge in [-0.25, -0.2) is 4.79 Å². The number of methoxy groups -OCH3 is 1. The van der Waals surface area contributed by atoms with Gasteiger partial charge in [0.1, 0.15) is 5.75 Å². The van der Waals surface area contributed by atoms with Gasteiger partial charge in [0.25, 0.3) is 5.89 Å². The highest BCUT2D eigenvalue weighted by Crippen LogP contribution is 2.25. The number of benzene rings is 2. The lowest BCUT2D eigenvalue weighted by molar-refractivity contribution is -0.139. The highest BCUT2D eigenvalue weighted by Gasteiger charge is 2.28. The fourth-order valence-electron chi connectivity index (χ4n) is 3.26. The van der Waals surface area contributed by atoms with Gasteiger partial charge in [0.15, 0.2) is 6.10 Å². The molecule has 1 aromatic heterocycles. The Labute approximate surface area is 183 Å². The first-order valence-electron chi connectivity index (χ1n) is 10.1. The van der Waals surface area contributed by atoms with Gasteiger partial charge in [0.2, 0.25) is 17.7 Å². The van der Waals surface area contributed by atoms with E-state index in [9.17, 15) is 14.4 Å². The molecule has 1 unspecified atom stereocenters. The summed E-state index contributed by atoms with van der Waals surface area (Å²) in [6, 6.07) is 13.7. The number of carbonyl (C=O) groups excluding carboxylic acids is 3. The van der Waals surface area contributed by atoms with Gasteiger partial charge in [-0.3, -0.25) is 14.5 Å². The van der Waals surface area contributed by atoms with E-state index in [2.05, 4.69) is 10.2 Å². The molecule has 1 saturated heterocycles. The third-order valence-electron chi connectivity index (χ3n) is 5.09. The summed E-state index contributed by atoms with van der Waals surface area (Å²) in [6.45, 7) is 1.84. The second kappa shape index (κ2) is 9.01. The molecule has 0 radical (unpaired) electrons. The molecule has 1 atom stereocenters. The van der Waals surface area contributed by atoms with E-state index in [0.717, 1.165) is 5.56 Å². The van der Waals surface area contributed by atoms with Crippen molar-refractivity contribution in [3.05, 3.63) is 65.5 Å². The molecule has 2 aromatic carbocycles. The molecule has 1 aliphatic heterocycles. The molecule has 0 spiro atoms. The second-order valence-corrected chi connectivity index (χ2v) is 7.29. The minimum Gasteiger partial charge on any atom is -0.497 e. The van der Waals surface area contributed by atoms with Crippen molar-refractivity contribution in [3.63, 3.8) is 0 Å². The molecule has 0 saturated carbocycles. The smallest absolute Gasteiger partial charge is 0.338 e. The maximum atomic E-state index is 12.5. The average molecular weight is 435 g/mol. The third kappa shape index (κ3) is 4.51. The average Bonchev–Trinajstić information content (AvgIpc) is 3.42. The van der Waals surface area contributed by atoms with Crippen molar-refractivity contribution in [2.45, 2.75) is 32.4 Å². The molecule has 32 heavy (non-hydrogen) atoms. The topological polar surface area (TPSA) is 112 Å². The minimum absolute atomic E-state index is 0.173. The number of amides is 2. The van der Waals surface area contributed by atoms with Gasteiger partial charge in [-0.2, -0.15) is 0 Å². The van der Waals surface area contributed by atoms with Gasteiger partial charge in [0.05, 0.1) is 19.2 Å². The van der Waals surface area contributed by atoms with Gasteiger partial charge in [0, 0.05) is 18.4 Å². The molecule has 1 aliphatic rings. The van der Waals surface area contributed by atoms with Crippen molar-refractivity contribution in [1.82, 2.24) is 15.1 Å². The normalized spacial score (nSPS) is 14.5. The third-order valence-corrected chi connectivity index (χ3v) is 5.09. The van der Waals surface area contributed by atoms with E-state index in [1.54, 1.807) is 62.6 Å². The number of rotatable bonds is 7. The highest BCUT2D eigenvalue weighted by molar-refractivity contribution is 6.01. The molecular formula is C23H21N3O6. The lowest BCUT2D eigenvalue weighted by Crippen LogP contribution is -2.28. The molecule has 9 heteroatoms. The molecule has 3 aromatic rings. The van der Waals surface area contributed by atoms with Gasteiger partial charge in [-0.05, 0) is 48.9 Å². The summed E-state index contributed by atoms with van der Waals surface area (Å²) in [5.41, 5.74) is 1.79. The minimum atomic E-state index is -0.749. The molecular weight excluding hydrogens is 414 g/mol. The molecule has 1 fully saturated rings. The number of hydrogen-bond donors (Lipinski definition) is 0. The Bertz CT molecular complexity index is 1120. The van der Waals surface area contributed by atoms with Gasteiger partial charge in [-0.1, -0.05) is 12.1 Å². The number of likely N-dealkylation sites (tertiary alicyclic amines) is 1. The maximum absolute atomic E-state index is 12.5. The van der Waals surface area contributed by atoms with E-state index >= 15 is 0 Å². The summed E-state index contributed by atoms with van der Waals surface area (Å²) < 4.78 is 16.2. The van der Waals surface area contributed by atoms with Crippen LogP contribution in [0, 0.1) is 0 Å². The first kappa shape index (κ1) is 21.2. The molecule has 0 bridgehead atoms. The van der Waals surface area contributed by atoms with Crippen molar-refractivity contribution < 1.29 is 28.3 Å². The van der Waals surface area contributed by atoms with Crippen molar-refractivity contribution in [1.29, 1.82) is 0 Å². The van der Waals surface area contributed by atoms with Crippen LogP contribution < -0.4 is 4.74 Å². The van der Waals surface area contributed by atoms with Crippen LogP contribution in [0.25, 0.3) is 11.5 Å². The molecule has 2 amide bonds. The van der Waals surface area contributed by atoms with Crippen LogP contribution in [0.15, 0.2) is 52.9 Å². The molecule has 9 nitrogen and oxygen atoms in total. The monoisotopic (exact) mass is 435 g/mol. The number of esters is 1. The number of ether oxygens (including phenoxy) is 2. The number of nitrogens with zero attached hydrogens (tertiary/aromatic N) is 3. The van der Waals surface area contributed by atoms with Crippen LogP contribution in [0.5, 0.6) is 5.75 Å². The lowest BCUT2D eigenvalue weighted by atomic mass is 10.1. The first-order valence-corrected chi connectivity index (χ1v) is 10.1. The van der Waals surface area contributed by atoms with E-state index < -0.39 is 12.1 Å². The predicted molar refractivity (Wildman–Crippen MR) is 111 cm³/mol. The Balaban J connectivity index is 1.37. The fraction of sp³-hybridized carbons (Fsp3) is 0.261. The summed E-state index contributed by atoms with van der Waals surface area (Å²) in [4.78, 5) is 37.2. The summed E-state index contributed by atoms with van der Waals surface area (Å²) >= 11 is 0. The summed E-state index contributed by atoms with van der Waals surface area (Å²) in [7, 11) is 1.58. The zero-order valence-electron chi connectivity index (χ0n) is 17.6. The summed E-state index contributed by atoms with van der Waals surface area (Å²) in [5, 5.41) is 7.98. The second-order valence-electron chi connectivity index (χ2n) is 7.29. The van der Waals surface area contributed by atoms with Crippen LogP contribution in [0.1, 0.15) is 47.7 Å². The van der Waals surface area contributed by atoms with E-state index in [4.69, 9.17) is 13.9 Å². The number of aromatic nitrogens is 2. The number of hydrogen-bond acceptors (Lipinski definition) is 8. The molecule has 0 N–H and O–H groups in total. The van der Waals surface area contributed by atoms with E-state index in [1.807, 2.05) is 0 Å². The Morgan fingerprint density at radius 2 is 1.69 bits per heavy atom. The Kier molecular flexibility index (Phi) is 5.98. The zero-order chi connectivity index (χ0) is 22.7. The standard InChI is InChI=1S/C23H21N3O6/c1-14(21-24-25-22(32-21)16-7-9-18(30-2)10-8-16)31-23(29)17-5-3-15(4-6-17)13-26-19(27)11-12-20(26)28/h3-10,14H,11-13H2,1-2H3. The Morgan fingerprint density at radius 3 is 2.31 bits per heavy atom. The molecule has 164 valence electrons. The highest BCUT2D eigenvalue weighted by atomic mass is 16.6. The summed E-state index contributed by atoms with van der Waals surface area (Å²) in [5.74, 6) is 0.275. The molecule has 4 rings (SSSR count). The fourth-order valence-corrected chi connectivity index (χ4v) is 3.26. The van der Waals surface area contributed by atoms with Gasteiger partial charge in [-0.15, -0.1) is 10.2 Å². The summed E-state index contributed by atoms with van der Waals surface area (Å²) in [6.07, 6.45) is -0.255. The SMILES string of the molecule is COc1ccc(-c2nnc(C(C)OC(=O)c3ccc(CN4C(=O)CCC4=O)cc3)o2)cc1. The molecule has 0 aliphatic carbocycles. The van der Waals surface area contributed by atoms with Crippen LogP contribution in [0.3, 0.4) is 0 Å². The van der Waals surface area contributed by atoms with Crippen molar-refractivity contribution >= 4 is 17.8 Å². The van der Waals surface area contributed by atoms with Crippen LogP contribution in [0.2, 0.25) is 0 Å². The largest absolute Gasteiger partial charge is 0.497 e. The number of imide groups is 1. The van der Waals surface area contributed by atoms with Gasteiger partial charge < -0.3 is 13.9 Å². The van der Waals surface area contributed by atoms with Gasteiger partial charge >= 0.3 is 5.97 Å². The van der Waals surface area contributed by atoms with Crippen LogP contribution >= 0.6 is 0 Å².